The lowest BCUT2D eigenvalue weighted by Gasteiger charge is -2.31. The summed E-state index contributed by atoms with van der Waals surface area (Å²) in [5.74, 6) is -0.194. The summed E-state index contributed by atoms with van der Waals surface area (Å²) in [6.45, 7) is 6.42. The van der Waals surface area contributed by atoms with Crippen LogP contribution in [0.1, 0.15) is 6.92 Å². The minimum atomic E-state index is -0.194. The second-order valence-corrected chi connectivity index (χ2v) is 4.21. The number of ether oxygens (including phenoxy) is 1. The maximum atomic E-state index is 12.9. The molecule has 1 fully saturated rings. The molecule has 0 saturated carbocycles. The van der Waals surface area contributed by atoms with Crippen molar-refractivity contribution in [1.29, 1.82) is 0 Å². The van der Waals surface area contributed by atoms with E-state index in [9.17, 15) is 4.39 Å². The van der Waals surface area contributed by atoms with Crippen molar-refractivity contribution in [3.05, 3.63) is 30.1 Å². The highest BCUT2D eigenvalue weighted by Gasteiger charge is 2.16. The number of nitrogens with zero attached hydrogens (tertiary/aromatic N) is 1. The van der Waals surface area contributed by atoms with Crippen LogP contribution in [0.15, 0.2) is 24.3 Å². The van der Waals surface area contributed by atoms with Gasteiger partial charge in [0.25, 0.3) is 0 Å². The normalized spacial score (nSPS) is 20.2. The molecule has 0 spiro atoms. The van der Waals surface area contributed by atoms with E-state index in [-0.39, 0.29) is 11.9 Å². The second-order valence-electron chi connectivity index (χ2n) is 4.21. The van der Waals surface area contributed by atoms with Crippen LogP contribution in [0, 0.1) is 5.82 Å². The summed E-state index contributed by atoms with van der Waals surface area (Å²) in [6, 6.07) is 6.63. The van der Waals surface area contributed by atoms with Gasteiger partial charge in [-0.1, -0.05) is 0 Å². The maximum Gasteiger partial charge on any atom is 0.123 e. The molecular formula is C13H19FN2O. The van der Waals surface area contributed by atoms with E-state index in [1.165, 1.54) is 12.1 Å². The van der Waals surface area contributed by atoms with Crippen molar-refractivity contribution in [2.24, 2.45) is 0 Å². The Morgan fingerprint density at radius 1 is 1.41 bits per heavy atom. The first kappa shape index (κ1) is 12.3. The van der Waals surface area contributed by atoms with Gasteiger partial charge >= 0.3 is 0 Å². The molecule has 2 rings (SSSR count). The third-order valence-corrected chi connectivity index (χ3v) is 3.00. The number of morpholine rings is 1. The molecule has 1 aromatic carbocycles. The van der Waals surface area contributed by atoms with Crippen molar-refractivity contribution in [3.8, 4) is 0 Å². The molecule has 1 N–H and O–H groups in total. The Labute approximate surface area is 102 Å². The van der Waals surface area contributed by atoms with Crippen molar-refractivity contribution in [1.82, 2.24) is 5.32 Å². The van der Waals surface area contributed by atoms with Crippen molar-refractivity contribution in [2.45, 2.75) is 13.0 Å². The molecule has 0 amide bonds. The van der Waals surface area contributed by atoms with Gasteiger partial charge in [0.2, 0.25) is 0 Å². The average molecular weight is 238 g/mol. The molecule has 0 aromatic heterocycles. The predicted molar refractivity (Wildman–Crippen MR) is 66.9 cm³/mol. The highest BCUT2D eigenvalue weighted by atomic mass is 19.1. The van der Waals surface area contributed by atoms with Gasteiger partial charge in [-0.25, -0.2) is 4.39 Å². The van der Waals surface area contributed by atoms with Crippen LogP contribution in [0.3, 0.4) is 0 Å². The molecule has 1 aromatic rings. The SMILES string of the molecule is CCN(CC1CNCCO1)c1ccc(F)cc1. The quantitative estimate of drug-likeness (QED) is 0.863. The number of hydrogen-bond acceptors (Lipinski definition) is 3. The number of likely N-dealkylation sites (N-methyl/N-ethyl adjacent to an activating group) is 1. The van der Waals surface area contributed by atoms with Gasteiger partial charge in [0.1, 0.15) is 5.82 Å². The van der Waals surface area contributed by atoms with Crippen molar-refractivity contribution in [2.75, 3.05) is 37.7 Å². The topological polar surface area (TPSA) is 24.5 Å². The zero-order valence-electron chi connectivity index (χ0n) is 10.2. The number of benzene rings is 1. The Bertz CT molecular complexity index is 336. The Hall–Kier alpha value is -1.13. The van der Waals surface area contributed by atoms with Gasteiger partial charge in [-0.3, -0.25) is 0 Å². The molecule has 0 bridgehead atoms. The fourth-order valence-electron chi connectivity index (χ4n) is 2.05. The summed E-state index contributed by atoms with van der Waals surface area (Å²) in [7, 11) is 0. The van der Waals surface area contributed by atoms with E-state index in [2.05, 4.69) is 17.1 Å². The summed E-state index contributed by atoms with van der Waals surface area (Å²) in [6.07, 6.45) is 0.216. The standard InChI is InChI=1S/C13H19FN2O/c1-2-16(10-13-9-15-7-8-17-13)12-5-3-11(14)4-6-12/h3-6,13,15H,2,7-10H2,1H3. The second kappa shape index (κ2) is 5.98. The highest BCUT2D eigenvalue weighted by Crippen LogP contribution is 2.15. The largest absolute Gasteiger partial charge is 0.374 e. The Kier molecular flexibility index (Phi) is 4.34. The van der Waals surface area contributed by atoms with Gasteiger partial charge in [-0.2, -0.15) is 0 Å². The molecule has 0 radical (unpaired) electrons. The van der Waals surface area contributed by atoms with Gasteiger partial charge < -0.3 is 15.0 Å². The summed E-state index contributed by atoms with van der Waals surface area (Å²) in [5.41, 5.74) is 1.04. The molecule has 1 atom stereocenters. The van der Waals surface area contributed by atoms with Crippen molar-refractivity contribution < 1.29 is 9.13 Å². The molecule has 94 valence electrons. The first-order chi connectivity index (χ1) is 8.29. The molecule has 4 heteroatoms. The lowest BCUT2D eigenvalue weighted by molar-refractivity contribution is 0.0335. The van der Waals surface area contributed by atoms with E-state index in [0.29, 0.717) is 0 Å². The van der Waals surface area contributed by atoms with Crippen LogP contribution in [0.5, 0.6) is 0 Å². The number of nitrogens with one attached hydrogen (secondary N) is 1. The number of rotatable bonds is 4. The lowest BCUT2D eigenvalue weighted by atomic mass is 10.2. The first-order valence-corrected chi connectivity index (χ1v) is 6.12. The number of hydrogen-bond donors (Lipinski definition) is 1. The molecule has 1 heterocycles. The summed E-state index contributed by atoms with van der Waals surface area (Å²) in [4.78, 5) is 2.21. The first-order valence-electron chi connectivity index (χ1n) is 6.12. The van der Waals surface area contributed by atoms with E-state index < -0.39 is 0 Å². The molecule has 1 saturated heterocycles. The van der Waals surface area contributed by atoms with Crippen LogP contribution in [0.2, 0.25) is 0 Å². The fraction of sp³-hybridized carbons (Fsp3) is 0.538. The smallest absolute Gasteiger partial charge is 0.123 e. The fourth-order valence-corrected chi connectivity index (χ4v) is 2.05. The summed E-state index contributed by atoms with van der Waals surface area (Å²) >= 11 is 0. The third-order valence-electron chi connectivity index (χ3n) is 3.00. The Balaban J connectivity index is 1.97. The van der Waals surface area contributed by atoms with Crippen molar-refractivity contribution in [3.63, 3.8) is 0 Å². The van der Waals surface area contributed by atoms with Gasteiger partial charge in [0.15, 0.2) is 0 Å². The van der Waals surface area contributed by atoms with Gasteiger partial charge in [0.05, 0.1) is 12.7 Å². The van der Waals surface area contributed by atoms with Crippen LogP contribution < -0.4 is 10.2 Å². The Morgan fingerprint density at radius 3 is 2.76 bits per heavy atom. The molecule has 1 aliphatic heterocycles. The predicted octanol–water partition coefficient (Wildman–Crippen LogP) is 1.64. The highest BCUT2D eigenvalue weighted by molar-refractivity contribution is 5.46. The van der Waals surface area contributed by atoms with Crippen LogP contribution in [-0.2, 0) is 4.74 Å². The van der Waals surface area contributed by atoms with Crippen LogP contribution in [0.25, 0.3) is 0 Å². The average Bonchev–Trinajstić information content (AvgIpc) is 2.38. The van der Waals surface area contributed by atoms with E-state index >= 15 is 0 Å². The molecular weight excluding hydrogens is 219 g/mol. The molecule has 3 nitrogen and oxygen atoms in total. The molecule has 17 heavy (non-hydrogen) atoms. The molecule has 1 unspecified atom stereocenters. The summed E-state index contributed by atoms with van der Waals surface area (Å²) < 4.78 is 18.5. The minimum Gasteiger partial charge on any atom is -0.374 e. The zero-order valence-corrected chi connectivity index (χ0v) is 10.2. The van der Waals surface area contributed by atoms with Gasteiger partial charge in [0, 0.05) is 31.9 Å². The van der Waals surface area contributed by atoms with Gasteiger partial charge in [-0.05, 0) is 31.2 Å². The molecule has 0 aliphatic carbocycles. The Morgan fingerprint density at radius 2 is 2.18 bits per heavy atom. The molecule has 1 aliphatic rings. The van der Waals surface area contributed by atoms with E-state index in [4.69, 9.17) is 4.74 Å². The van der Waals surface area contributed by atoms with Crippen LogP contribution >= 0.6 is 0 Å². The van der Waals surface area contributed by atoms with E-state index in [1.54, 1.807) is 0 Å². The van der Waals surface area contributed by atoms with Crippen LogP contribution in [-0.4, -0.2) is 38.9 Å². The zero-order chi connectivity index (χ0) is 12.1. The number of anilines is 1. The third kappa shape index (κ3) is 3.41. The summed E-state index contributed by atoms with van der Waals surface area (Å²) in [5, 5.41) is 3.31. The van der Waals surface area contributed by atoms with Crippen LogP contribution in [0.4, 0.5) is 10.1 Å². The number of halogens is 1. The van der Waals surface area contributed by atoms with Gasteiger partial charge in [-0.15, -0.1) is 0 Å². The van der Waals surface area contributed by atoms with Crippen molar-refractivity contribution >= 4 is 5.69 Å². The maximum absolute atomic E-state index is 12.9. The van der Waals surface area contributed by atoms with E-state index in [0.717, 1.165) is 38.5 Å². The monoisotopic (exact) mass is 238 g/mol. The minimum absolute atomic E-state index is 0.194. The van der Waals surface area contributed by atoms with E-state index in [1.807, 2.05) is 12.1 Å². The lowest BCUT2D eigenvalue weighted by Crippen LogP contribution is -2.45.